The molecule has 0 bridgehead atoms. The lowest BCUT2D eigenvalue weighted by Crippen LogP contribution is -1.98. The number of carboxylic acids is 1. The first-order valence-corrected chi connectivity index (χ1v) is 8.14. The molecule has 2 N–H and O–H groups in total. The van der Waals surface area contributed by atoms with Crippen molar-refractivity contribution in [3.8, 4) is 0 Å². The molecule has 0 aromatic carbocycles. The van der Waals surface area contributed by atoms with E-state index in [1.807, 2.05) is 19.1 Å². The van der Waals surface area contributed by atoms with E-state index in [-0.39, 0.29) is 12.5 Å². The average Bonchev–Trinajstić information content (AvgIpc) is 2.47. The molecule has 3 heteroatoms. The van der Waals surface area contributed by atoms with Crippen LogP contribution < -0.4 is 0 Å². The Labute approximate surface area is 134 Å². The topological polar surface area (TPSA) is 57.5 Å². The summed E-state index contributed by atoms with van der Waals surface area (Å²) in [5, 5.41) is 18.0. The van der Waals surface area contributed by atoms with Crippen LogP contribution in [0.25, 0.3) is 0 Å². The summed E-state index contributed by atoms with van der Waals surface area (Å²) in [6, 6.07) is 0. The second-order valence-electron chi connectivity index (χ2n) is 5.21. The zero-order valence-corrected chi connectivity index (χ0v) is 13.7. The van der Waals surface area contributed by atoms with E-state index in [0.29, 0.717) is 6.42 Å². The lowest BCUT2D eigenvalue weighted by atomic mass is 10.1. The normalized spacial score (nSPS) is 13.9. The number of rotatable bonds is 13. The van der Waals surface area contributed by atoms with Gasteiger partial charge in [0.25, 0.3) is 0 Å². The third kappa shape index (κ3) is 16.4. The number of hydrogen-bond donors (Lipinski definition) is 2. The summed E-state index contributed by atoms with van der Waals surface area (Å²) in [5.41, 5.74) is 0. The second-order valence-corrected chi connectivity index (χ2v) is 5.21. The molecule has 0 aromatic rings. The van der Waals surface area contributed by atoms with Crippen LogP contribution in [0.15, 0.2) is 48.6 Å². The first-order valence-electron chi connectivity index (χ1n) is 8.14. The fourth-order valence-corrected chi connectivity index (χ4v) is 1.91. The van der Waals surface area contributed by atoms with Gasteiger partial charge in [0.2, 0.25) is 0 Å². The van der Waals surface area contributed by atoms with Crippen molar-refractivity contribution >= 4 is 5.97 Å². The molecule has 0 aliphatic heterocycles. The van der Waals surface area contributed by atoms with E-state index < -0.39 is 5.97 Å². The highest BCUT2D eigenvalue weighted by atomic mass is 16.4. The van der Waals surface area contributed by atoms with Gasteiger partial charge in [-0.15, -0.1) is 0 Å². The summed E-state index contributed by atoms with van der Waals surface area (Å²) in [6.07, 6.45) is 22.5. The number of hydrogen-bond acceptors (Lipinski definition) is 2. The summed E-state index contributed by atoms with van der Waals surface area (Å²) >= 11 is 0. The van der Waals surface area contributed by atoms with Crippen LogP contribution in [-0.4, -0.2) is 22.3 Å². The molecule has 3 nitrogen and oxygen atoms in total. The Morgan fingerprint density at radius 2 is 1.59 bits per heavy atom. The fourth-order valence-electron chi connectivity index (χ4n) is 1.91. The smallest absolute Gasteiger partial charge is 0.303 e. The highest BCUT2D eigenvalue weighted by Crippen LogP contribution is 2.04. The molecule has 0 rings (SSSR count). The summed E-state index contributed by atoms with van der Waals surface area (Å²) in [7, 11) is 0. The van der Waals surface area contributed by atoms with Crippen molar-refractivity contribution in [3.05, 3.63) is 48.6 Å². The highest BCUT2D eigenvalue weighted by molar-refractivity contribution is 5.66. The van der Waals surface area contributed by atoms with Crippen molar-refractivity contribution in [2.75, 3.05) is 0 Å². The van der Waals surface area contributed by atoms with Gasteiger partial charge in [0.15, 0.2) is 0 Å². The maximum Gasteiger partial charge on any atom is 0.303 e. The van der Waals surface area contributed by atoms with E-state index in [2.05, 4.69) is 30.4 Å². The van der Waals surface area contributed by atoms with E-state index in [1.54, 1.807) is 6.08 Å². The Morgan fingerprint density at radius 3 is 2.23 bits per heavy atom. The molecular weight excluding hydrogens is 276 g/mol. The molecule has 1 atom stereocenters. The Hall–Kier alpha value is -1.61. The average molecular weight is 306 g/mol. The first kappa shape index (κ1) is 20.4. The van der Waals surface area contributed by atoms with Gasteiger partial charge in [0.1, 0.15) is 0 Å². The van der Waals surface area contributed by atoms with Crippen LogP contribution in [-0.2, 0) is 4.79 Å². The Bertz CT molecular complexity index is 378. The lowest BCUT2D eigenvalue weighted by molar-refractivity contribution is -0.137. The Kier molecular flexibility index (Phi) is 14.6. The molecule has 0 aliphatic rings. The number of allylic oxidation sites excluding steroid dienone is 6. The third-order valence-electron chi connectivity index (χ3n) is 3.10. The van der Waals surface area contributed by atoms with Crippen LogP contribution in [0.5, 0.6) is 0 Å². The fraction of sp³-hybridized carbons (Fsp3) is 0.526. The van der Waals surface area contributed by atoms with Crippen molar-refractivity contribution in [1.29, 1.82) is 0 Å². The minimum Gasteiger partial charge on any atom is -0.481 e. The van der Waals surface area contributed by atoms with Gasteiger partial charge in [-0.25, -0.2) is 0 Å². The van der Waals surface area contributed by atoms with E-state index in [0.717, 1.165) is 38.5 Å². The zero-order valence-electron chi connectivity index (χ0n) is 13.7. The van der Waals surface area contributed by atoms with Crippen LogP contribution in [0.3, 0.4) is 0 Å². The van der Waals surface area contributed by atoms with Gasteiger partial charge in [-0.3, -0.25) is 4.79 Å². The summed E-state index contributed by atoms with van der Waals surface area (Å²) in [5.74, 6) is -0.703. The second kappa shape index (κ2) is 15.8. The number of carbonyl (C=O) groups is 1. The number of aliphatic hydroxyl groups is 1. The predicted octanol–water partition coefficient (Wildman–Crippen LogP) is 4.80. The maximum absolute atomic E-state index is 10.3. The molecule has 0 aliphatic carbocycles. The molecule has 0 saturated heterocycles. The molecule has 1 unspecified atom stereocenters. The molecular formula is C19H30O3. The Balaban J connectivity index is 3.44. The molecule has 0 amide bonds. The van der Waals surface area contributed by atoms with Gasteiger partial charge in [-0.05, 0) is 45.4 Å². The van der Waals surface area contributed by atoms with Gasteiger partial charge < -0.3 is 10.2 Å². The van der Waals surface area contributed by atoms with E-state index in [9.17, 15) is 9.90 Å². The number of aliphatic hydroxyl groups excluding tert-OH is 1. The van der Waals surface area contributed by atoms with Gasteiger partial charge in [0, 0.05) is 6.42 Å². The standard InChI is InChI=1S/C19H30O3/c1-2-15-18(20)16-13-11-9-7-5-3-4-6-8-10-12-14-17-19(21)22/h2,4-7,11,13,15,18,20H,3,8-10,12,14,16-17H2,1H3,(H,21,22)/b6-4-,7-5-,13-11-,15-2+. The number of carboxylic acid groups (broad SMARTS) is 1. The zero-order chi connectivity index (χ0) is 16.5. The van der Waals surface area contributed by atoms with Crippen LogP contribution in [0.1, 0.15) is 58.3 Å². The van der Waals surface area contributed by atoms with Gasteiger partial charge in [0.05, 0.1) is 6.10 Å². The van der Waals surface area contributed by atoms with Crippen molar-refractivity contribution in [1.82, 2.24) is 0 Å². The number of aliphatic carboxylic acids is 1. The molecule has 124 valence electrons. The highest BCUT2D eigenvalue weighted by Gasteiger charge is 1.94. The summed E-state index contributed by atoms with van der Waals surface area (Å²) in [6.45, 7) is 1.90. The summed E-state index contributed by atoms with van der Waals surface area (Å²) < 4.78 is 0. The molecule has 0 fully saturated rings. The maximum atomic E-state index is 10.3. The molecule has 0 spiro atoms. The minimum atomic E-state index is -0.703. The largest absolute Gasteiger partial charge is 0.481 e. The van der Waals surface area contributed by atoms with Crippen molar-refractivity contribution in [2.24, 2.45) is 0 Å². The van der Waals surface area contributed by atoms with Crippen molar-refractivity contribution in [3.63, 3.8) is 0 Å². The minimum absolute atomic E-state index is 0.283. The molecule has 0 heterocycles. The van der Waals surface area contributed by atoms with Crippen LogP contribution in [0, 0.1) is 0 Å². The van der Waals surface area contributed by atoms with Gasteiger partial charge >= 0.3 is 5.97 Å². The quantitative estimate of drug-likeness (QED) is 0.379. The van der Waals surface area contributed by atoms with E-state index in [4.69, 9.17) is 5.11 Å². The molecule has 0 saturated carbocycles. The lowest BCUT2D eigenvalue weighted by Gasteiger charge is -1.98. The van der Waals surface area contributed by atoms with E-state index >= 15 is 0 Å². The monoisotopic (exact) mass is 306 g/mol. The van der Waals surface area contributed by atoms with Crippen LogP contribution in [0.4, 0.5) is 0 Å². The van der Waals surface area contributed by atoms with E-state index in [1.165, 1.54) is 0 Å². The van der Waals surface area contributed by atoms with Crippen molar-refractivity contribution in [2.45, 2.75) is 64.4 Å². The Morgan fingerprint density at radius 1 is 0.955 bits per heavy atom. The van der Waals surface area contributed by atoms with Crippen LogP contribution in [0.2, 0.25) is 0 Å². The summed E-state index contributed by atoms with van der Waals surface area (Å²) in [4.78, 5) is 10.3. The molecule has 0 aromatic heterocycles. The van der Waals surface area contributed by atoms with Crippen LogP contribution >= 0.6 is 0 Å². The molecule has 0 radical (unpaired) electrons. The van der Waals surface area contributed by atoms with Gasteiger partial charge in [-0.2, -0.15) is 0 Å². The third-order valence-corrected chi connectivity index (χ3v) is 3.10. The molecule has 22 heavy (non-hydrogen) atoms. The van der Waals surface area contributed by atoms with Gasteiger partial charge in [-0.1, -0.05) is 55.0 Å². The predicted molar refractivity (Wildman–Crippen MR) is 92.8 cm³/mol. The first-order chi connectivity index (χ1) is 10.7. The SMILES string of the molecule is C/C=C/C(O)C/C=C\C/C=C\C/C=C\CCCCCC(=O)O. The van der Waals surface area contributed by atoms with Crippen molar-refractivity contribution < 1.29 is 15.0 Å². The number of unbranched alkanes of at least 4 members (excludes halogenated alkanes) is 3.